The van der Waals surface area contributed by atoms with Gasteiger partial charge in [0.05, 0.1) is 18.2 Å². The molecule has 2 N–H and O–H groups in total. The monoisotopic (exact) mass is 440 g/mol. The summed E-state index contributed by atoms with van der Waals surface area (Å²) in [7, 11) is 0. The van der Waals surface area contributed by atoms with E-state index in [0.29, 0.717) is 16.6 Å². The molecule has 0 aromatic carbocycles. The minimum absolute atomic E-state index is 0.0447. The van der Waals surface area contributed by atoms with E-state index in [1.54, 1.807) is 18.3 Å². The Balaban J connectivity index is 1.89. The first-order valence-electron chi connectivity index (χ1n) is 10.1. The molecule has 4 aromatic rings. The maximum Gasteiger partial charge on any atom is 0.303 e. The van der Waals surface area contributed by atoms with E-state index in [9.17, 15) is 14.3 Å². The molecule has 0 aliphatic carbocycles. The molecule has 4 aromatic heterocycles. The summed E-state index contributed by atoms with van der Waals surface area (Å²) in [6.07, 6.45) is 4.02. The van der Waals surface area contributed by atoms with Gasteiger partial charge in [-0.15, -0.1) is 0 Å². The van der Waals surface area contributed by atoms with Crippen LogP contribution in [0.1, 0.15) is 32.9 Å². The van der Waals surface area contributed by atoms with Crippen molar-refractivity contribution in [2.24, 2.45) is 11.3 Å². The van der Waals surface area contributed by atoms with Crippen LogP contribution < -0.4 is 0 Å². The minimum Gasteiger partial charge on any atom is -0.481 e. The van der Waals surface area contributed by atoms with Gasteiger partial charge in [-0.3, -0.25) is 4.79 Å². The number of hydrogen-bond donors (Lipinski definition) is 2. The van der Waals surface area contributed by atoms with E-state index in [-0.39, 0.29) is 41.7 Å². The Kier molecular flexibility index (Phi) is 5.50. The number of hydrogen-bond acceptors (Lipinski definition) is 5. The Hall–Kier alpha value is -3.62. The fourth-order valence-corrected chi connectivity index (χ4v) is 3.62. The molecule has 32 heavy (non-hydrogen) atoms. The Labute approximate surface area is 182 Å². The highest BCUT2D eigenvalue weighted by Gasteiger charge is 2.30. The number of aromatic amines is 1. The quantitative estimate of drug-likeness (QED) is 0.425. The normalized spacial score (nSPS) is 12.9. The van der Waals surface area contributed by atoms with Crippen LogP contribution in [0.3, 0.4) is 0 Å². The summed E-state index contributed by atoms with van der Waals surface area (Å²) in [5.41, 5.74) is 0.507. The van der Waals surface area contributed by atoms with E-state index in [0.717, 1.165) is 6.20 Å². The molecule has 0 bridgehead atoms. The first-order chi connectivity index (χ1) is 15.1. The number of aromatic nitrogens is 4. The van der Waals surface area contributed by atoms with Crippen LogP contribution in [0.15, 0.2) is 41.3 Å². The van der Waals surface area contributed by atoms with Crippen LogP contribution in [0.5, 0.6) is 0 Å². The number of rotatable bonds is 6. The Morgan fingerprint density at radius 2 is 2.06 bits per heavy atom. The van der Waals surface area contributed by atoms with Gasteiger partial charge in [0.1, 0.15) is 17.2 Å². The van der Waals surface area contributed by atoms with Crippen molar-refractivity contribution in [2.45, 2.75) is 33.6 Å². The summed E-state index contributed by atoms with van der Waals surface area (Å²) in [4.78, 5) is 27.2. The van der Waals surface area contributed by atoms with E-state index in [1.807, 2.05) is 20.8 Å². The average molecular weight is 440 g/mol. The average Bonchev–Trinajstić information content (AvgIpc) is 3.37. The summed E-state index contributed by atoms with van der Waals surface area (Å²) in [6, 6.07) is 4.49. The fraction of sp³-hybridized carbons (Fsp3) is 0.304. The van der Waals surface area contributed by atoms with Crippen molar-refractivity contribution in [2.75, 3.05) is 0 Å². The molecule has 0 spiro atoms. The van der Waals surface area contributed by atoms with Crippen LogP contribution in [-0.2, 0) is 11.2 Å². The van der Waals surface area contributed by atoms with Gasteiger partial charge in [0.15, 0.2) is 17.4 Å². The number of aliphatic carboxylic acids is 1. The Bertz CT molecular complexity index is 1280. The zero-order chi connectivity index (χ0) is 23.0. The second-order valence-electron chi connectivity index (χ2n) is 8.75. The standard InChI is InChI=1S/C23H22F2N4O3/c1-23(2,3)12(8-18(30)31)7-16-19(25)20(17-5-4-6-32-17)29-22(28-16)15-11-27-21-14(15)9-13(24)10-26-21/h4-6,9-12H,7-8H2,1-3H3,(H,26,27)(H,30,31)/t12-/m1/s1. The summed E-state index contributed by atoms with van der Waals surface area (Å²) in [5.74, 6) is -2.18. The second-order valence-corrected chi connectivity index (χ2v) is 8.75. The van der Waals surface area contributed by atoms with Crippen molar-refractivity contribution in [3.8, 4) is 22.8 Å². The van der Waals surface area contributed by atoms with Gasteiger partial charge in [-0.05, 0) is 36.0 Å². The highest BCUT2D eigenvalue weighted by atomic mass is 19.1. The minimum atomic E-state index is -0.968. The van der Waals surface area contributed by atoms with Gasteiger partial charge in [0.2, 0.25) is 0 Å². The second kappa shape index (κ2) is 8.14. The van der Waals surface area contributed by atoms with Gasteiger partial charge < -0.3 is 14.5 Å². The number of pyridine rings is 1. The third-order valence-corrected chi connectivity index (χ3v) is 5.50. The van der Waals surface area contributed by atoms with Crippen molar-refractivity contribution in [3.63, 3.8) is 0 Å². The molecular formula is C23H22F2N4O3. The number of halogens is 2. The van der Waals surface area contributed by atoms with Crippen molar-refractivity contribution < 1.29 is 23.1 Å². The lowest BCUT2D eigenvalue weighted by Gasteiger charge is -2.29. The molecule has 0 unspecified atom stereocenters. The lowest BCUT2D eigenvalue weighted by atomic mass is 9.76. The lowest BCUT2D eigenvalue weighted by Crippen LogP contribution is -2.26. The summed E-state index contributed by atoms with van der Waals surface area (Å²) in [6.45, 7) is 5.71. The first kappa shape index (κ1) is 21.6. The van der Waals surface area contributed by atoms with Gasteiger partial charge in [-0.25, -0.2) is 23.7 Å². The van der Waals surface area contributed by atoms with Gasteiger partial charge >= 0.3 is 5.97 Å². The third-order valence-electron chi connectivity index (χ3n) is 5.50. The number of carboxylic acid groups (broad SMARTS) is 1. The number of H-pyrrole nitrogens is 1. The molecule has 0 aliphatic rings. The number of furan rings is 1. The zero-order valence-electron chi connectivity index (χ0n) is 17.8. The number of fused-ring (bicyclic) bond motifs is 1. The van der Waals surface area contributed by atoms with Gasteiger partial charge in [-0.2, -0.15) is 0 Å². The highest BCUT2D eigenvalue weighted by Crippen LogP contribution is 2.35. The number of carbonyl (C=O) groups is 1. The molecule has 4 heterocycles. The molecule has 166 valence electrons. The number of nitrogens with zero attached hydrogens (tertiary/aromatic N) is 3. The molecule has 0 amide bonds. The van der Waals surface area contributed by atoms with Gasteiger partial charge in [-0.1, -0.05) is 20.8 Å². The molecular weight excluding hydrogens is 418 g/mol. The molecule has 0 radical (unpaired) electrons. The summed E-state index contributed by atoms with van der Waals surface area (Å²) < 4.78 is 34.7. The zero-order valence-corrected chi connectivity index (χ0v) is 17.8. The number of nitrogens with one attached hydrogen (secondary N) is 1. The van der Waals surface area contributed by atoms with E-state index in [4.69, 9.17) is 4.42 Å². The van der Waals surface area contributed by atoms with Crippen LogP contribution >= 0.6 is 0 Å². The molecule has 4 rings (SSSR count). The highest BCUT2D eigenvalue weighted by molar-refractivity contribution is 5.91. The molecule has 1 atom stereocenters. The van der Waals surface area contributed by atoms with Crippen molar-refractivity contribution in [1.29, 1.82) is 0 Å². The molecule has 0 fully saturated rings. The van der Waals surface area contributed by atoms with E-state index in [1.165, 1.54) is 12.3 Å². The van der Waals surface area contributed by atoms with Crippen molar-refractivity contribution >= 4 is 17.0 Å². The summed E-state index contributed by atoms with van der Waals surface area (Å²) >= 11 is 0. The Morgan fingerprint density at radius 1 is 1.28 bits per heavy atom. The topological polar surface area (TPSA) is 105 Å². The molecule has 0 saturated heterocycles. The van der Waals surface area contributed by atoms with Crippen LogP contribution in [0.4, 0.5) is 8.78 Å². The third kappa shape index (κ3) is 4.23. The van der Waals surface area contributed by atoms with Crippen molar-refractivity contribution in [1.82, 2.24) is 19.9 Å². The van der Waals surface area contributed by atoms with Crippen LogP contribution in [-0.4, -0.2) is 31.0 Å². The smallest absolute Gasteiger partial charge is 0.303 e. The van der Waals surface area contributed by atoms with Gasteiger partial charge in [0, 0.05) is 23.6 Å². The molecule has 0 saturated carbocycles. The van der Waals surface area contributed by atoms with Crippen LogP contribution in [0, 0.1) is 23.0 Å². The van der Waals surface area contributed by atoms with Crippen LogP contribution in [0.2, 0.25) is 0 Å². The van der Waals surface area contributed by atoms with E-state index in [2.05, 4.69) is 19.9 Å². The predicted octanol–water partition coefficient (Wildman–Crippen LogP) is 5.24. The first-order valence-corrected chi connectivity index (χ1v) is 10.1. The molecule has 0 aliphatic heterocycles. The fourth-order valence-electron chi connectivity index (χ4n) is 3.62. The Morgan fingerprint density at radius 3 is 2.72 bits per heavy atom. The maximum atomic E-state index is 15.5. The van der Waals surface area contributed by atoms with Crippen molar-refractivity contribution in [3.05, 3.63) is 54.2 Å². The maximum absolute atomic E-state index is 15.5. The van der Waals surface area contributed by atoms with E-state index >= 15 is 4.39 Å². The molecule has 9 heteroatoms. The van der Waals surface area contributed by atoms with Gasteiger partial charge in [0.25, 0.3) is 0 Å². The SMILES string of the molecule is CC(C)(C)[C@@H](CC(=O)O)Cc1nc(-c2c[nH]c3ncc(F)cc23)nc(-c2ccco2)c1F. The largest absolute Gasteiger partial charge is 0.481 e. The lowest BCUT2D eigenvalue weighted by molar-refractivity contribution is -0.139. The van der Waals surface area contributed by atoms with E-state index < -0.39 is 23.0 Å². The van der Waals surface area contributed by atoms with Crippen LogP contribution in [0.25, 0.3) is 33.9 Å². The predicted molar refractivity (Wildman–Crippen MR) is 114 cm³/mol. The molecule has 7 nitrogen and oxygen atoms in total. The summed E-state index contributed by atoms with van der Waals surface area (Å²) in [5, 5.41) is 9.81. The number of carboxylic acids is 1.